The van der Waals surface area contributed by atoms with Gasteiger partial charge in [-0.2, -0.15) is 0 Å². The van der Waals surface area contributed by atoms with Crippen LogP contribution in [0.1, 0.15) is 38.7 Å². The lowest BCUT2D eigenvalue weighted by Crippen LogP contribution is -2.53. The van der Waals surface area contributed by atoms with Gasteiger partial charge in [0, 0.05) is 6.54 Å². The predicted octanol–water partition coefficient (Wildman–Crippen LogP) is 1.60. The first-order valence-electron chi connectivity index (χ1n) is 9.82. The van der Waals surface area contributed by atoms with Crippen molar-refractivity contribution in [1.82, 2.24) is 10.2 Å². The molecule has 2 rings (SSSR count). The van der Waals surface area contributed by atoms with Crippen molar-refractivity contribution >= 4 is 17.8 Å². The summed E-state index contributed by atoms with van der Waals surface area (Å²) in [6.07, 6.45) is 1.90. The lowest BCUT2D eigenvalue weighted by molar-refractivity contribution is -0.150. The Bertz CT molecular complexity index is 684. The third-order valence-electron chi connectivity index (χ3n) is 4.69. The largest absolute Gasteiger partial charge is 0.480 e. The Morgan fingerprint density at radius 1 is 1.37 bits per heavy atom. The minimum Gasteiger partial charge on any atom is -0.480 e. The van der Waals surface area contributed by atoms with Gasteiger partial charge in [0.15, 0.2) is 0 Å². The van der Waals surface area contributed by atoms with E-state index in [0.717, 1.165) is 10.9 Å². The molecule has 7 nitrogen and oxygen atoms in total. The highest BCUT2D eigenvalue weighted by atomic mass is 16.5. The standard InChI is InChI=1S/C20H28N2O5/c1-3-27-20(26)16(12-11-15-8-5-4-6-9-15)21-14(2)18(23)22-13-7-10-17(22)19(24)25/h4-6,8-9,14,16-17,21H,3,7,10-13H2,1-2H3,(H,24,25)/t14-,16+,17+/m1/s1/i/hD. The summed E-state index contributed by atoms with van der Waals surface area (Å²) in [6, 6.07) is 6.85. The number of rotatable bonds is 9. The normalized spacial score (nSPS) is 19.4. The van der Waals surface area contributed by atoms with Gasteiger partial charge in [-0.25, -0.2) is 4.79 Å². The van der Waals surface area contributed by atoms with Crippen molar-refractivity contribution in [2.24, 2.45) is 0 Å². The van der Waals surface area contributed by atoms with E-state index < -0.39 is 36.0 Å². The molecule has 3 atom stereocenters. The number of likely N-dealkylation sites (tertiary alicyclic amines) is 1. The van der Waals surface area contributed by atoms with Crippen LogP contribution in [0.3, 0.4) is 0 Å². The van der Waals surface area contributed by atoms with E-state index >= 15 is 0 Å². The van der Waals surface area contributed by atoms with Gasteiger partial charge in [-0.3, -0.25) is 14.9 Å². The highest BCUT2D eigenvalue weighted by Crippen LogP contribution is 2.19. The number of carbonyl (C=O) groups is 3. The van der Waals surface area contributed by atoms with Crippen LogP contribution in [0.15, 0.2) is 30.3 Å². The van der Waals surface area contributed by atoms with Gasteiger partial charge in [0.2, 0.25) is 5.91 Å². The first-order chi connectivity index (χ1) is 13.4. The van der Waals surface area contributed by atoms with E-state index in [1.807, 2.05) is 30.3 Å². The minimum absolute atomic E-state index is 0.185. The number of nitrogens with one attached hydrogen (secondary N) is 1. The van der Waals surface area contributed by atoms with Gasteiger partial charge in [-0.15, -0.1) is 0 Å². The Balaban J connectivity index is 2.10. The second-order valence-electron chi connectivity index (χ2n) is 6.65. The van der Waals surface area contributed by atoms with Gasteiger partial charge in [-0.05, 0) is 45.1 Å². The fraction of sp³-hybridized carbons (Fsp3) is 0.550. The molecule has 0 unspecified atom stereocenters. The monoisotopic (exact) mass is 377 g/mol. The molecule has 0 spiro atoms. The lowest BCUT2D eigenvalue weighted by atomic mass is 10.0. The first kappa shape index (κ1) is 19.4. The van der Waals surface area contributed by atoms with Gasteiger partial charge in [0.05, 0.1) is 12.6 Å². The van der Waals surface area contributed by atoms with Gasteiger partial charge >= 0.3 is 11.9 Å². The maximum Gasteiger partial charge on any atom is 0.326 e. The zero-order valence-electron chi connectivity index (χ0n) is 16.8. The van der Waals surface area contributed by atoms with Gasteiger partial charge in [0.25, 0.3) is 0 Å². The maximum absolute atomic E-state index is 12.8. The van der Waals surface area contributed by atoms with E-state index in [2.05, 4.69) is 0 Å². The van der Waals surface area contributed by atoms with Gasteiger partial charge < -0.3 is 14.7 Å². The molecular weight excluding hydrogens is 348 g/mol. The topological polar surface area (TPSA) is 95.9 Å². The molecule has 1 aliphatic heterocycles. The number of aryl methyl sites for hydroxylation is 1. The molecule has 7 heteroatoms. The Hall–Kier alpha value is -2.41. The number of esters is 1. The maximum atomic E-state index is 12.8. The quantitative estimate of drug-likeness (QED) is 0.635. The molecule has 0 aromatic heterocycles. The SMILES string of the molecule is [2H]N([C@H](C)C(=O)N1CCC[C@H]1C(=O)O)[C@@H](CCc1ccccc1)C(=O)OCC. The molecule has 1 aliphatic rings. The summed E-state index contributed by atoms with van der Waals surface area (Å²) in [5, 5.41) is 10.3. The molecule has 1 fully saturated rings. The van der Waals surface area contributed by atoms with Crippen LogP contribution < -0.4 is 5.31 Å². The predicted molar refractivity (Wildman–Crippen MR) is 100 cm³/mol. The van der Waals surface area contributed by atoms with Crippen LogP contribution in [0, 0.1) is 0 Å². The molecule has 0 bridgehead atoms. The third-order valence-corrected chi connectivity index (χ3v) is 4.69. The van der Waals surface area contributed by atoms with Crippen molar-refractivity contribution in [3.8, 4) is 0 Å². The van der Waals surface area contributed by atoms with E-state index in [1.54, 1.807) is 6.92 Å². The molecule has 0 saturated carbocycles. The molecule has 27 heavy (non-hydrogen) atoms. The summed E-state index contributed by atoms with van der Waals surface area (Å²) in [5.41, 5.74) is 1.02. The molecular formula is C20H28N2O5. The Morgan fingerprint density at radius 3 is 2.70 bits per heavy atom. The van der Waals surface area contributed by atoms with Crippen molar-refractivity contribution in [1.29, 1.82) is 0 Å². The summed E-state index contributed by atoms with van der Waals surface area (Å²) in [7, 11) is 0. The Kier molecular flexibility index (Phi) is 7.21. The molecule has 1 heterocycles. The highest BCUT2D eigenvalue weighted by Gasteiger charge is 2.36. The molecule has 0 radical (unpaired) electrons. The summed E-state index contributed by atoms with van der Waals surface area (Å²) < 4.78 is 13.5. The van der Waals surface area contributed by atoms with Crippen molar-refractivity contribution in [3.05, 3.63) is 35.9 Å². The van der Waals surface area contributed by atoms with Crippen LogP contribution in [-0.2, 0) is 25.5 Å². The fourth-order valence-corrected chi connectivity index (χ4v) is 3.30. The molecule has 148 valence electrons. The second kappa shape index (κ2) is 10.1. The van der Waals surface area contributed by atoms with Crippen LogP contribution in [0.5, 0.6) is 0 Å². The highest BCUT2D eigenvalue weighted by molar-refractivity contribution is 5.88. The van der Waals surface area contributed by atoms with E-state index in [9.17, 15) is 19.5 Å². The van der Waals surface area contributed by atoms with Crippen LogP contribution in [0.25, 0.3) is 0 Å². The number of ether oxygens (including phenoxy) is 1. The molecule has 1 aromatic rings. The average molecular weight is 377 g/mol. The molecule has 1 aromatic carbocycles. The second-order valence-corrected chi connectivity index (χ2v) is 6.65. The van der Waals surface area contributed by atoms with E-state index in [0.29, 0.717) is 32.2 Å². The smallest absolute Gasteiger partial charge is 0.326 e. The van der Waals surface area contributed by atoms with E-state index in [-0.39, 0.29) is 6.61 Å². The van der Waals surface area contributed by atoms with Crippen molar-refractivity contribution < 1.29 is 25.6 Å². The molecule has 2 N–H and O–H groups in total. The Morgan fingerprint density at radius 2 is 2.07 bits per heavy atom. The summed E-state index contributed by atoms with van der Waals surface area (Å²) in [4.78, 5) is 37.9. The van der Waals surface area contributed by atoms with Crippen molar-refractivity contribution in [2.75, 3.05) is 13.2 Å². The third kappa shape index (κ3) is 5.79. The van der Waals surface area contributed by atoms with Gasteiger partial charge in [0.1, 0.15) is 13.5 Å². The number of carboxylic acid groups (broad SMARTS) is 1. The number of carboxylic acids is 1. The number of benzene rings is 1. The first-order valence-corrected chi connectivity index (χ1v) is 9.37. The summed E-state index contributed by atoms with van der Waals surface area (Å²) in [6.45, 7) is 3.75. The van der Waals surface area contributed by atoms with E-state index in [1.165, 1.54) is 11.8 Å². The van der Waals surface area contributed by atoms with Gasteiger partial charge in [-0.1, -0.05) is 30.3 Å². The molecule has 0 aliphatic carbocycles. The van der Waals surface area contributed by atoms with Crippen LogP contribution in [0.2, 0.25) is 1.41 Å². The van der Waals surface area contributed by atoms with E-state index in [4.69, 9.17) is 6.15 Å². The van der Waals surface area contributed by atoms with Crippen molar-refractivity contribution in [2.45, 2.75) is 57.7 Å². The zero-order chi connectivity index (χ0) is 20.7. The number of carbonyl (C=O) groups excluding carboxylic acids is 2. The number of aliphatic carboxylic acids is 1. The number of amides is 1. The summed E-state index contributed by atoms with van der Waals surface area (Å²) >= 11 is 0. The number of hydrogen-bond donors (Lipinski definition) is 2. The average Bonchev–Trinajstić information content (AvgIpc) is 3.18. The minimum atomic E-state index is -1.04. The molecule has 1 saturated heterocycles. The fourth-order valence-electron chi connectivity index (χ4n) is 3.30. The van der Waals surface area contributed by atoms with Crippen LogP contribution >= 0.6 is 0 Å². The zero-order valence-corrected chi connectivity index (χ0v) is 15.8. The van der Waals surface area contributed by atoms with Crippen LogP contribution in [0.4, 0.5) is 0 Å². The Labute approximate surface area is 161 Å². The number of nitrogens with zero attached hydrogens (tertiary/aromatic N) is 1. The van der Waals surface area contributed by atoms with Crippen LogP contribution in [-0.4, -0.2) is 59.1 Å². The number of hydrogen-bond acceptors (Lipinski definition) is 5. The molecule has 1 amide bonds. The summed E-state index contributed by atoms with van der Waals surface area (Å²) in [5.74, 6) is -2.04. The lowest BCUT2D eigenvalue weighted by Gasteiger charge is -2.27. The van der Waals surface area contributed by atoms with Crippen molar-refractivity contribution in [3.63, 3.8) is 0 Å².